The van der Waals surface area contributed by atoms with Crippen LogP contribution in [0.3, 0.4) is 0 Å². The van der Waals surface area contributed by atoms with Gasteiger partial charge in [-0.2, -0.15) is 5.26 Å². The molecule has 0 atom stereocenters. The lowest BCUT2D eigenvalue weighted by atomic mass is 10.1. The molecule has 0 unspecified atom stereocenters. The Morgan fingerprint density at radius 1 is 1.06 bits per heavy atom. The molecule has 0 aliphatic heterocycles. The van der Waals surface area contributed by atoms with Crippen molar-refractivity contribution in [2.75, 3.05) is 0 Å². The minimum Gasteiger partial charge on any atom is -0.437 e. The van der Waals surface area contributed by atoms with E-state index < -0.39 is 0 Å². The van der Waals surface area contributed by atoms with Crippen LogP contribution in [0.1, 0.15) is 22.4 Å². The molecule has 1 heterocycles. The quantitative estimate of drug-likeness (QED) is 0.808. The molecule has 4 heteroatoms. The van der Waals surface area contributed by atoms with Crippen LogP contribution in [0, 0.1) is 32.1 Å². The molecule has 0 radical (unpaired) electrons. The predicted octanol–water partition coefficient (Wildman–Crippen LogP) is 3.07. The summed E-state index contributed by atoms with van der Waals surface area (Å²) in [6, 6.07) is 5.99. The molecule has 1 aromatic heterocycles. The van der Waals surface area contributed by atoms with Gasteiger partial charge in [0.1, 0.15) is 11.8 Å². The highest BCUT2D eigenvalue weighted by Gasteiger charge is 2.08. The third-order valence-corrected chi connectivity index (χ3v) is 2.82. The average molecular weight is 239 g/mol. The zero-order chi connectivity index (χ0) is 13.1. The van der Waals surface area contributed by atoms with Crippen LogP contribution in [0.15, 0.2) is 24.5 Å². The molecule has 1 aromatic carbocycles. The fourth-order valence-corrected chi connectivity index (χ4v) is 1.61. The summed E-state index contributed by atoms with van der Waals surface area (Å²) in [6.45, 7) is 6.03. The number of hydrogen-bond donors (Lipinski definition) is 0. The smallest absolute Gasteiger partial charge is 0.237 e. The SMILES string of the molecule is Cc1ccc(C)c(Oc2cnc(C#N)cn2)c1C. The molecular formula is C14H13N3O. The molecule has 0 aliphatic rings. The van der Waals surface area contributed by atoms with Gasteiger partial charge < -0.3 is 4.74 Å². The Labute approximate surface area is 106 Å². The molecule has 2 rings (SSSR count). The molecule has 0 N–H and O–H groups in total. The summed E-state index contributed by atoms with van der Waals surface area (Å²) in [5.74, 6) is 1.19. The number of hydrogen-bond acceptors (Lipinski definition) is 4. The van der Waals surface area contributed by atoms with Gasteiger partial charge in [-0.3, -0.25) is 0 Å². The van der Waals surface area contributed by atoms with Gasteiger partial charge in [-0.1, -0.05) is 12.1 Å². The maximum atomic E-state index is 8.65. The second-order valence-corrected chi connectivity index (χ2v) is 4.11. The summed E-state index contributed by atoms with van der Waals surface area (Å²) < 4.78 is 5.74. The number of aromatic nitrogens is 2. The largest absolute Gasteiger partial charge is 0.437 e. The van der Waals surface area contributed by atoms with Gasteiger partial charge in [0, 0.05) is 0 Å². The highest BCUT2D eigenvalue weighted by molar-refractivity contribution is 5.46. The molecule has 90 valence electrons. The van der Waals surface area contributed by atoms with E-state index >= 15 is 0 Å². The molecule has 0 amide bonds. The molecule has 0 saturated heterocycles. The maximum absolute atomic E-state index is 8.65. The van der Waals surface area contributed by atoms with Gasteiger partial charge in [0.2, 0.25) is 5.88 Å². The van der Waals surface area contributed by atoms with E-state index in [0.29, 0.717) is 5.88 Å². The van der Waals surface area contributed by atoms with Gasteiger partial charge >= 0.3 is 0 Å². The van der Waals surface area contributed by atoms with E-state index in [4.69, 9.17) is 10.00 Å². The molecular weight excluding hydrogens is 226 g/mol. The second kappa shape index (κ2) is 4.84. The normalized spacial score (nSPS) is 9.89. The van der Waals surface area contributed by atoms with E-state index in [1.807, 2.05) is 32.9 Å². The van der Waals surface area contributed by atoms with Crippen LogP contribution in [0.2, 0.25) is 0 Å². The zero-order valence-electron chi connectivity index (χ0n) is 10.6. The standard InChI is InChI=1S/C14H13N3O/c1-9-4-5-10(2)14(11(9)3)18-13-8-16-12(6-15)7-17-13/h4-5,7-8H,1-3H3. The Morgan fingerprint density at radius 2 is 1.78 bits per heavy atom. The van der Waals surface area contributed by atoms with Crippen LogP contribution >= 0.6 is 0 Å². The Bertz CT molecular complexity index is 612. The van der Waals surface area contributed by atoms with Crippen LogP contribution in [0.5, 0.6) is 11.6 Å². The van der Waals surface area contributed by atoms with Crippen LogP contribution in [-0.4, -0.2) is 9.97 Å². The summed E-state index contributed by atoms with van der Waals surface area (Å²) in [4.78, 5) is 7.98. The minimum absolute atomic E-state index is 0.278. The van der Waals surface area contributed by atoms with Crippen molar-refractivity contribution in [3.8, 4) is 17.7 Å². The maximum Gasteiger partial charge on any atom is 0.237 e. The zero-order valence-corrected chi connectivity index (χ0v) is 10.6. The number of ether oxygens (including phenoxy) is 1. The fourth-order valence-electron chi connectivity index (χ4n) is 1.61. The number of rotatable bonds is 2. The summed E-state index contributed by atoms with van der Waals surface area (Å²) in [5.41, 5.74) is 3.57. The molecule has 0 saturated carbocycles. The first kappa shape index (κ1) is 12.1. The highest BCUT2D eigenvalue weighted by Crippen LogP contribution is 2.29. The van der Waals surface area contributed by atoms with Crippen molar-refractivity contribution < 1.29 is 4.74 Å². The average Bonchev–Trinajstić information content (AvgIpc) is 2.40. The first-order valence-corrected chi connectivity index (χ1v) is 5.58. The van der Waals surface area contributed by atoms with Gasteiger partial charge in [0.25, 0.3) is 0 Å². The van der Waals surface area contributed by atoms with E-state index in [1.165, 1.54) is 12.4 Å². The van der Waals surface area contributed by atoms with E-state index in [-0.39, 0.29) is 5.69 Å². The van der Waals surface area contributed by atoms with Crippen LogP contribution in [0.4, 0.5) is 0 Å². The van der Waals surface area contributed by atoms with E-state index in [0.717, 1.165) is 22.4 Å². The highest BCUT2D eigenvalue weighted by atomic mass is 16.5. The van der Waals surface area contributed by atoms with Gasteiger partial charge in [0.15, 0.2) is 5.69 Å². The number of nitriles is 1. The molecule has 4 nitrogen and oxygen atoms in total. The van der Waals surface area contributed by atoms with Crippen LogP contribution in [0.25, 0.3) is 0 Å². The molecule has 0 aliphatic carbocycles. The van der Waals surface area contributed by atoms with Crippen molar-refractivity contribution >= 4 is 0 Å². The summed E-state index contributed by atoms with van der Waals surface area (Å²) in [6.07, 6.45) is 2.86. The fraction of sp³-hybridized carbons (Fsp3) is 0.214. The predicted molar refractivity (Wildman–Crippen MR) is 67.5 cm³/mol. The van der Waals surface area contributed by atoms with E-state index in [1.54, 1.807) is 0 Å². The minimum atomic E-state index is 0.278. The third-order valence-electron chi connectivity index (χ3n) is 2.82. The van der Waals surface area contributed by atoms with Crippen molar-refractivity contribution in [2.45, 2.75) is 20.8 Å². The van der Waals surface area contributed by atoms with Crippen LogP contribution < -0.4 is 4.74 Å². The molecule has 2 aromatic rings. The van der Waals surface area contributed by atoms with E-state index in [2.05, 4.69) is 16.0 Å². The number of nitrogens with zero attached hydrogens (tertiary/aromatic N) is 3. The van der Waals surface area contributed by atoms with Crippen LogP contribution in [-0.2, 0) is 0 Å². The van der Waals surface area contributed by atoms with Crippen molar-refractivity contribution in [1.29, 1.82) is 5.26 Å². The summed E-state index contributed by atoms with van der Waals surface area (Å²) in [5, 5.41) is 8.65. The number of aryl methyl sites for hydroxylation is 2. The molecule has 0 fully saturated rings. The van der Waals surface area contributed by atoms with Gasteiger partial charge in [-0.25, -0.2) is 9.97 Å². The van der Waals surface area contributed by atoms with Gasteiger partial charge in [0.05, 0.1) is 12.4 Å². The first-order chi connectivity index (χ1) is 8.61. The molecule has 0 spiro atoms. The lowest BCUT2D eigenvalue weighted by Crippen LogP contribution is -1.96. The Kier molecular flexibility index (Phi) is 3.24. The van der Waals surface area contributed by atoms with Crippen molar-refractivity contribution in [2.24, 2.45) is 0 Å². The van der Waals surface area contributed by atoms with Gasteiger partial charge in [-0.15, -0.1) is 0 Å². The second-order valence-electron chi connectivity index (χ2n) is 4.11. The van der Waals surface area contributed by atoms with Crippen molar-refractivity contribution in [3.05, 3.63) is 46.9 Å². The topological polar surface area (TPSA) is 58.8 Å². The molecule has 18 heavy (non-hydrogen) atoms. The summed E-state index contributed by atoms with van der Waals surface area (Å²) in [7, 11) is 0. The Balaban J connectivity index is 2.34. The lowest BCUT2D eigenvalue weighted by molar-refractivity contribution is 0.452. The monoisotopic (exact) mass is 239 g/mol. The molecule has 0 bridgehead atoms. The third kappa shape index (κ3) is 2.30. The van der Waals surface area contributed by atoms with Crippen molar-refractivity contribution in [3.63, 3.8) is 0 Å². The summed E-state index contributed by atoms with van der Waals surface area (Å²) >= 11 is 0. The van der Waals surface area contributed by atoms with Crippen molar-refractivity contribution in [1.82, 2.24) is 9.97 Å². The number of benzene rings is 1. The van der Waals surface area contributed by atoms with Gasteiger partial charge in [-0.05, 0) is 37.5 Å². The first-order valence-electron chi connectivity index (χ1n) is 5.58. The Morgan fingerprint density at radius 3 is 2.39 bits per heavy atom. The van der Waals surface area contributed by atoms with E-state index in [9.17, 15) is 0 Å². The lowest BCUT2D eigenvalue weighted by Gasteiger charge is -2.12. The Hall–Kier alpha value is -2.41.